The molecule has 2 heterocycles. The van der Waals surface area contributed by atoms with Crippen LogP contribution in [0.5, 0.6) is 0 Å². The fraction of sp³-hybridized carbons (Fsp3) is 0.312. The fourth-order valence-electron chi connectivity index (χ4n) is 2.46. The molecule has 25 heavy (non-hydrogen) atoms. The first-order valence-corrected chi connectivity index (χ1v) is 10.8. The summed E-state index contributed by atoms with van der Waals surface area (Å²) >= 11 is 7.44. The largest absolute Gasteiger partial charge is 0.347 e. The molecule has 0 spiro atoms. The molecule has 0 bridgehead atoms. The van der Waals surface area contributed by atoms with Crippen molar-refractivity contribution < 1.29 is 13.2 Å². The lowest BCUT2D eigenvalue weighted by atomic mass is 10.2. The number of amides is 1. The van der Waals surface area contributed by atoms with E-state index in [-0.39, 0.29) is 22.2 Å². The molecule has 9 heteroatoms. The summed E-state index contributed by atoms with van der Waals surface area (Å²) in [4.78, 5) is 20.7. The van der Waals surface area contributed by atoms with Gasteiger partial charge in [-0.3, -0.25) is 4.79 Å². The summed E-state index contributed by atoms with van der Waals surface area (Å²) in [6.07, 6.45) is 1.80. The lowest BCUT2D eigenvalue weighted by Gasteiger charge is -2.11. The second-order valence-electron chi connectivity index (χ2n) is 5.70. The Morgan fingerprint density at radius 1 is 1.32 bits per heavy atom. The Morgan fingerprint density at radius 2 is 2.08 bits per heavy atom. The summed E-state index contributed by atoms with van der Waals surface area (Å²) in [5.74, 6) is 0.241. The highest BCUT2D eigenvalue weighted by Crippen LogP contribution is 2.22. The average Bonchev–Trinajstić information content (AvgIpc) is 2.93. The fourth-order valence-corrected chi connectivity index (χ4v) is 5.09. The first kappa shape index (κ1) is 18.2. The van der Waals surface area contributed by atoms with Gasteiger partial charge in [-0.05, 0) is 12.0 Å². The summed E-state index contributed by atoms with van der Waals surface area (Å²) < 4.78 is 23.0. The molecule has 1 aromatic heterocycles. The quantitative estimate of drug-likeness (QED) is 0.615. The minimum absolute atomic E-state index is 0.0446. The van der Waals surface area contributed by atoms with Crippen molar-refractivity contribution in [3.63, 3.8) is 0 Å². The molecule has 1 aliphatic rings. The van der Waals surface area contributed by atoms with E-state index in [2.05, 4.69) is 15.3 Å². The highest BCUT2D eigenvalue weighted by molar-refractivity contribution is 7.98. The van der Waals surface area contributed by atoms with Gasteiger partial charge in [0.2, 0.25) is 0 Å². The molecule has 3 rings (SSSR count). The van der Waals surface area contributed by atoms with Crippen LogP contribution in [0.3, 0.4) is 0 Å². The zero-order valence-electron chi connectivity index (χ0n) is 13.2. The third kappa shape index (κ3) is 4.93. The maximum Gasteiger partial charge on any atom is 0.271 e. The van der Waals surface area contributed by atoms with Gasteiger partial charge in [-0.25, -0.2) is 18.4 Å². The lowest BCUT2D eigenvalue weighted by molar-refractivity contribution is 0.0935. The van der Waals surface area contributed by atoms with Crippen LogP contribution in [-0.4, -0.2) is 41.8 Å². The molecule has 1 amide bonds. The number of benzene rings is 1. The summed E-state index contributed by atoms with van der Waals surface area (Å²) in [7, 11) is -3.07. The number of nitrogens with one attached hydrogen (secondary N) is 1. The van der Waals surface area contributed by atoms with Gasteiger partial charge in [-0.15, -0.1) is 0 Å². The molecule has 1 fully saturated rings. The van der Waals surface area contributed by atoms with Gasteiger partial charge in [-0.2, -0.15) is 0 Å². The minimum atomic E-state index is -3.07. The Balaban J connectivity index is 1.67. The predicted octanol–water partition coefficient (Wildman–Crippen LogP) is 2.34. The van der Waals surface area contributed by atoms with Gasteiger partial charge in [0.1, 0.15) is 0 Å². The van der Waals surface area contributed by atoms with Gasteiger partial charge < -0.3 is 5.32 Å². The third-order valence-electron chi connectivity index (χ3n) is 3.72. The Hall–Kier alpha value is -1.64. The number of thioether (sulfide) groups is 1. The van der Waals surface area contributed by atoms with Crippen LogP contribution in [0.2, 0.25) is 5.02 Å². The van der Waals surface area contributed by atoms with E-state index in [1.165, 1.54) is 18.0 Å². The van der Waals surface area contributed by atoms with Crippen molar-refractivity contribution in [2.75, 3.05) is 11.5 Å². The number of nitrogens with zero attached hydrogens (tertiary/aromatic N) is 2. The van der Waals surface area contributed by atoms with E-state index >= 15 is 0 Å². The second kappa shape index (κ2) is 7.72. The highest BCUT2D eigenvalue weighted by atomic mass is 35.5. The van der Waals surface area contributed by atoms with E-state index in [4.69, 9.17) is 11.6 Å². The van der Waals surface area contributed by atoms with E-state index < -0.39 is 21.8 Å². The van der Waals surface area contributed by atoms with Crippen LogP contribution in [0.25, 0.3) is 0 Å². The number of rotatable bonds is 5. The monoisotopic (exact) mass is 397 g/mol. The van der Waals surface area contributed by atoms with E-state index in [0.717, 1.165) is 5.56 Å². The second-order valence-corrected chi connectivity index (χ2v) is 9.28. The van der Waals surface area contributed by atoms with Crippen molar-refractivity contribution in [1.29, 1.82) is 0 Å². The van der Waals surface area contributed by atoms with E-state index in [9.17, 15) is 13.2 Å². The van der Waals surface area contributed by atoms with Crippen LogP contribution in [-0.2, 0) is 15.6 Å². The number of carbonyl (C=O) groups is 1. The topological polar surface area (TPSA) is 89.0 Å². The standard InChI is InChI=1S/C16H16ClN3O3S2/c17-13-8-18-16(24-9-11-4-2-1-3-5-11)20-14(13)15(21)19-12-6-7-25(22,23)10-12/h1-5,8,12H,6-7,9-10H2,(H,19,21)/t12-/m1/s1. The minimum Gasteiger partial charge on any atom is -0.347 e. The predicted molar refractivity (Wildman–Crippen MR) is 97.6 cm³/mol. The molecule has 0 aliphatic carbocycles. The van der Waals surface area contributed by atoms with Gasteiger partial charge in [-0.1, -0.05) is 53.7 Å². The maximum absolute atomic E-state index is 12.4. The number of hydrogen-bond acceptors (Lipinski definition) is 6. The number of halogens is 1. The molecule has 6 nitrogen and oxygen atoms in total. The van der Waals surface area contributed by atoms with Crippen molar-refractivity contribution in [3.05, 3.63) is 52.8 Å². The van der Waals surface area contributed by atoms with Gasteiger partial charge in [0.15, 0.2) is 20.7 Å². The normalized spacial score (nSPS) is 18.8. The van der Waals surface area contributed by atoms with Crippen molar-refractivity contribution in [2.24, 2.45) is 0 Å². The van der Waals surface area contributed by atoms with Crippen molar-refractivity contribution >= 4 is 39.1 Å². The smallest absolute Gasteiger partial charge is 0.271 e. The van der Waals surface area contributed by atoms with Gasteiger partial charge in [0, 0.05) is 11.8 Å². The van der Waals surface area contributed by atoms with Gasteiger partial charge >= 0.3 is 0 Å². The Bertz CT molecular complexity index is 875. The molecule has 0 unspecified atom stereocenters. The molecule has 1 aliphatic heterocycles. The zero-order valence-corrected chi connectivity index (χ0v) is 15.6. The first-order chi connectivity index (χ1) is 11.9. The van der Waals surface area contributed by atoms with E-state index in [1.807, 2.05) is 30.3 Å². The maximum atomic E-state index is 12.4. The van der Waals surface area contributed by atoms with E-state index in [0.29, 0.717) is 17.3 Å². The molecular weight excluding hydrogens is 382 g/mol. The van der Waals surface area contributed by atoms with Crippen LogP contribution >= 0.6 is 23.4 Å². The van der Waals surface area contributed by atoms with Crippen LogP contribution in [0, 0.1) is 0 Å². The summed E-state index contributed by atoms with van der Waals surface area (Å²) in [5.41, 5.74) is 1.18. The lowest BCUT2D eigenvalue weighted by Crippen LogP contribution is -2.36. The number of hydrogen-bond donors (Lipinski definition) is 1. The first-order valence-electron chi connectivity index (χ1n) is 7.63. The third-order valence-corrected chi connectivity index (χ3v) is 6.69. The Labute approximate surface area is 155 Å². The van der Waals surface area contributed by atoms with Crippen molar-refractivity contribution in [3.8, 4) is 0 Å². The van der Waals surface area contributed by atoms with Crippen molar-refractivity contribution in [2.45, 2.75) is 23.4 Å². The van der Waals surface area contributed by atoms with Crippen LogP contribution in [0.1, 0.15) is 22.5 Å². The summed E-state index contributed by atoms with van der Waals surface area (Å²) in [5, 5.41) is 3.27. The number of aromatic nitrogens is 2. The molecule has 132 valence electrons. The molecule has 0 radical (unpaired) electrons. The van der Waals surface area contributed by atoms with Crippen molar-refractivity contribution in [1.82, 2.24) is 15.3 Å². The molecular formula is C16H16ClN3O3S2. The van der Waals surface area contributed by atoms with Crippen LogP contribution in [0.15, 0.2) is 41.7 Å². The molecule has 2 aromatic rings. The summed E-state index contributed by atoms with van der Waals surface area (Å²) in [6.45, 7) is 0. The number of sulfone groups is 1. The average molecular weight is 398 g/mol. The highest BCUT2D eigenvalue weighted by Gasteiger charge is 2.30. The molecule has 1 N–H and O–H groups in total. The SMILES string of the molecule is O=C(N[C@@H]1CCS(=O)(=O)C1)c1nc(SCc2ccccc2)ncc1Cl. The molecule has 1 saturated heterocycles. The van der Waals surface area contributed by atoms with Crippen LogP contribution in [0.4, 0.5) is 0 Å². The Kier molecular flexibility index (Phi) is 5.61. The molecule has 1 aromatic carbocycles. The Morgan fingerprint density at radius 3 is 2.76 bits per heavy atom. The van der Waals surface area contributed by atoms with E-state index in [1.54, 1.807) is 0 Å². The van der Waals surface area contributed by atoms with Gasteiger partial charge in [0.05, 0.1) is 22.7 Å². The summed E-state index contributed by atoms with van der Waals surface area (Å²) in [6, 6.07) is 9.44. The zero-order chi connectivity index (χ0) is 17.9. The molecule has 0 saturated carbocycles. The van der Waals surface area contributed by atoms with Gasteiger partial charge in [0.25, 0.3) is 5.91 Å². The number of carbonyl (C=O) groups excluding carboxylic acids is 1. The molecule has 1 atom stereocenters. The van der Waals surface area contributed by atoms with Crippen LogP contribution < -0.4 is 5.32 Å².